The highest BCUT2D eigenvalue weighted by Gasteiger charge is 2.17. The molecule has 1 aliphatic heterocycles. The van der Waals surface area contributed by atoms with Crippen molar-refractivity contribution in [1.29, 1.82) is 0 Å². The Morgan fingerprint density at radius 2 is 2.10 bits per heavy atom. The minimum absolute atomic E-state index is 0.0555. The molecule has 0 saturated carbocycles. The largest absolute Gasteiger partial charge is 0.491 e. The quantitative estimate of drug-likeness (QED) is 0.616. The van der Waals surface area contributed by atoms with Gasteiger partial charge in [-0.05, 0) is 43.2 Å². The summed E-state index contributed by atoms with van der Waals surface area (Å²) in [5.41, 5.74) is 2.56. The zero-order chi connectivity index (χ0) is 20.1. The van der Waals surface area contributed by atoms with Gasteiger partial charge < -0.3 is 14.4 Å². The van der Waals surface area contributed by atoms with Crippen molar-refractivity contribution in [2.24, 2.45) is 0 Å². The van der Waals surface area contributed by atoms with Crippen molar-refractivity contribution < 1.29 is 14.3 Å². The molecule has 2 heterocycles. The van der Waals surface area contributed by atoms with Crippen LogP contribution in [0.25, 0.3) is 5.69 Å². The zero-order valence-corrected chi connectivity index (χ0v) is 16.5. The number of para-hydroxylation sites is 1. The summed E-state index contributed by atoms with van der Waals surface area (Å²) in [4.78, 5) is 14.5. The average molecular weight is 391 g/mol. The van der Waals surface area contributed by atoms with Crippen LogP contribution < -0.4 is 4.74 Å². The lowest BCUT2D eigenvalue weighted by atomic mass is 10.2. The van der Waals surface area contributed by atoms with E-state index >= 15 is 0 Å². The van der Waals surface area contributed by atoms with Crippen molar-refractivity contribution in [3.8, 4) is 11.4 Å². The maximum Gasteiger partial charge on any atom is 0.254 e. The molecule has 6 nitrogen and oxygen atoms in total. The molecule has 29 heavy (non-hydrogen) atoms. The number of hydrogen-bond donors (Lipinski definition) is 0. The molecule has 1 atom stereocenters. The highest BCUT2D eigenvalue weighted by atomic mass is 16.5. The molecule has 6 heteroatoms. The van der Waals surface area contributed by atoms with Gasteiger partial charge in [0.25, 0.3) is 5.91 Å². The Balaban J connectivity index is 1.37. The van der Waals surface area contributed by atoms with Gasteiger partial charge in [-0.3, -0.25) is 4.79 Å². The van der Waals surface area contributed by atoms with E-state index in [2.05, 4.69) is 5.10 Å². The van der Waals surface area contributed by atoms with Gasteiger partial charge in [-0.2, -0.15) is 5.10 Å². The van der Waals surface area contributed by atoms with Crippen molar-refractivity contribution >= 4 is 5.91 Å². The van der Waals surface area contributed by atoms with Gasteiger partial charge >= 0.3 is 0 Å². The number of carbonyl (C=O) groups excluding carboxylic acids is 1. The van der Waals surface area contributed by atoms with Gasteiger partial charge in [-0.25, -0.2) is 4.68 Å². The molecule has 0 aliphatic carbocycles. The Morgan fingerprint density at radius 3 is 2.90 bits per heavy atom. The molecule has 1 aromatic heterocycles. The van der Waals surface area contributed by atoms with Crippen molar-refractivity contribution in [3.63, 3.8) is 0 Å². The fourth-order valence-electron chi connectivity index (χ4n) is 3.41. The third-order valence-electron chi connectivity index (χ3n) is 4.96. The van der Waals surface area contributed by atoms with Crippen LogP contribution in [0.3, 0.4) is 0 Å². The Hall–Kier alpha value is -3.12. The van der Waals surface area contributed by atoms with Crippen LogP contribution in [0, 0.1) is 0 Å². The van der Waals surface area contributed by atoms with E-state index in [4.69, 9.17) is 9.47 Å². The van der Waals surface area contributed by atoms with E-state index in [-0.39, 0.29) is 12.0 Å². The summed E-state index contributed by atoms with van der Waals surface area (Å²) in [6.45, 7) is 1.80. The molecular weight excluding hydrogens is 366 g/mol. The van der Waals surface area contributed by atoms with Gasteiger partial charge in [0.1, 0.15) is 12.4 Å². The highest BCUT2D eigenvalue weighted by molar-refractivity contribution is 5.94. The van der Waals surface area contributed by atoms with Gasteiger partial charge in [0.15, 0.2) is 0 Å². The number of benzene rings is 2. The molecule has 2 aromatic carbocycles. The topological polar surface area (TPSA) is 56.6 Å². The Bertz CT molecular complexity index is 949. The summed E-state index contributed by atoms with van der Waals surface area (Å²) in [7, 11) is 1.79. The van der Waals surface area contributed by atoms with Crippen LogP contribution in [0.2, 0.25) is 0 Å². The maximum absolute atomic E-state index is 12.9. The van der Waals surface area contributed by atoms with Gasteiger partial charge in [0.05, 0.1) is 18.0 Å². The lowest BCUT2D eigenvalue weighted by Crippen LogP contribution is -2.26. The lowest BCUT2D eigenvalue weighted by Gasteiger charge is -2.17. The van der Waals surface area contributed by atoms with Crippen LogP contribution in [0.1, 0.15) is 28.8 Å². The Labute approximate surface area is 170 Å². The fourth-order valence-corrected chi connectivity index (χ4v) is 3.41. The van der Waals surface area contributed by atoms with E-state index in [9.17, 15) is 4.79 Å². The first-order valence-corrected chi connectivity index (χ1v) is 9.88. The number of amides is 1. The van der Waals surface area contributed by atoms with Gasteiger partial charge in [0, 0.05) is 37.5 Å². The molecule has 0 spiro atoms. The summed E-state index contributed by atoms with van der Waals surface area (Å²) < 4.78 is 13.2. The predicted molar refractivity (Wildman–Crippen MR) is 110 cm³/mol. The molecule has 0 N–H and O–H groups in total. The highest BCUT2D eigenvalue weighted by Crippen LogP contribution is 2.19. The van der Waals surface area contributed by atoms with Gasteiger partial charge in [-0.1, -0.05) is 24.3 Å². The van der Waals surface area contributed by atoms with Crippen LogP contribution in [0.15, 0.2) is 67.0 Å². The summed E-state index contributed by atoms with van der Waals surface area (Å²) in [6, 6.07) is 17.2. The van der Waals surface area contributed by atoms with Crippen LogP contribution in [0.4, 0.5) is 0 Å². The van der Waals surface area contributed by atoms with E-state index in [1.165, 1.54) is 0 Å². The normalized spacial score (nSPS) is 16.0. The second kappa shape index (κ2) is 8.92. The van der Waals surface area contributed by atoms with Crippen molar-refractivity contribution in [1.82, 2.24) is 14.7 Å². The van der Waals surface area contributed by atoms with Crippen LogP contribution >= 0.6 is 0 Å². The molecule has 1 aliphatic rings. The third kappa shape index (κ3) is 4.84. The number of ether oxygens (including phenoxy) is 2. The molecule has 1 saturated heterocycles. The minimum Gasteiger partial charge on any atom is -0.491 e. The molecule has 1 unspecified atom stereocenters. The number of carbonyl (C=O) groups is 1. The second-order valence-electron chi connectivity index (χ2n) is 7.26. The first-order valence-electron chi connectivity index (χ1n) is 9.88. The number of rotatable bonds is 7. The third-order valence-corrected chi connectivity index (χ3v) is 4.96. The van der Waals surface area contributed by atoms with Crippen LogP contribution in [-0.2, 0) is 11.3 Å². The summed E-state index contributed by atoms with van der Waals surface area (Å²) in [5.74, 6) is 0.636. The van der Waals surface area contributed by atoms with E-state index in [1.54, 1.807) is 24.2 Å². The van der Waals surface area contributed by atoms with Gasteiger partial charge in [-0.15, -0.1) is 0 Å². The standard InChI is InChI=1S/C23H25N3O3/c1-25(15-18-14-24-26(16-18)20-8-3-2-4-9-20)23(27)19-7-5-10-21(13-19)29-17-22-11-6-12-28-22/h2-5,7-10,13-14,16,22H,6,11-12,15,17H2,1H3. The Morgan fingerprint density at radius 1 is 1.24 bits per heavy atom. The van der Waals surface area contributed by atoms with E-state index in [0.29, 0.717) is 24.5 Å². The molecule has 150 valence electrons. The Kier molecular flexibility index (Phi) is 5.91. The maximum atomic E-state index is 12.9. The fraction of sp³-hybridized carbons (Fsp3) is 0.304. The first-order chi connectivity index (χ1) is 14.2. The molecule has 0 bridgehead atoms. The van der Waals surface area contributed by atoms with E-state index in [1.807, 2.05) is 59.4 Å². The van der Waals surface area contributed by atoms with Gasteiger partial charge in [0.2, 0.25) is 0 Å². The number of hydrogen-bond acceptors (Lipinski definition) is 4. The van der Waals surface area contributed by atoms with E-state index < -0.39 is 0 Å². The molecule has 3 aromatic rings. The summed E-state index contributed by atoms with van der Waals surface area (Å²) in [5, 5.41) is 4.39. The zero-order valence-electron chi connectivity index (χ0n) is 16.5. The van der Waals surface area contributed by atoms with Crippen molar-refractivity contribution in [2.45, 2.75) is 25.5 Å². The predicted octanol–water partition coefficient (Wildman–Crippen LogP) is 3.70. The van der Waals surface area contributed by atoms with Crippen molar-refractivity contribution in [3.05, 3.63) is 78.1 Å². The first kappa shape index (κ1) is 19.2. The number of aromatic nitrogens is 2. The SMILES string of the molecule is CN(Cc1cnn(-c2ccccc2)c1)C(=O)c1cccc(OCC2CCCO2)c1. The van der Waals surface area contributed by atoms with E-state index in [0.717, 1.165) is 30.7 Å². The molecular formula is C23H25N3O3. The summed E-state index contributed by atoms with van der Waals surface area (Å²) in [6.07, 6.45) is 5.99. The smallest absolute Gasteiger partial charge is 0.254 e. The van der Waals surface area contributed by atoms with Crippen LogP contribution in [0.5, 0.6) is 5.75 Å². The molecule has 4 rings (SSSR count). The lowest BCUT2D eigenvalue weighted by molar-refractivity contribution is 0.0678. The molecule has 1 fully saturated rings. The molecule has 0 radical (unpaired) electrons. The number of nitrogens with zero attached hydrogens (tertiary/aromatic N) is 3. The molecule has 1 amide bonds. The monoisotopic (exact) mass is 391 g/mol. The van der Waals surface area contributed by atoms with Crippen molar-refractivity contribution in [2.75, 3.05) is 20.3 Å². The average Bonchev–Trinajstić information content (AvgIpc) is 3.45. The minimum atomic E-state index is -0.0555. The summed E-state index contributed by atoms with van der Waals surface area (Å²) >= 11 is 0. The van der Waals surface area contributed by atoms with Crippen LogP contribution in [-0.4, -0.2) is 47.0 Å². The second-order valence-corrected chi connectivity index (χ2v) is 7.26.